The van der Waals surface area contributed by atoms with E-state index in [1.54, 1.807) is 0 Å². The molecule has 0 fully saturated rings. The molecule has 2 rings (SSSR count). The van der Waals surface area contributed by atoms with E-state index in [0.717, 1.165) is 42.8 Å². The number of hydrogen-bond acceptors (Lipinski definition) is 4. The fourth-order valence-electron chi connectivity index (χ4n) is 2.16. The number of rotatable bonds is 6. The van der Waals surface area contributed by atoms with Gasteiger partial charge in [-0.05, 0) is 30.7 Å². The van der Waals surface area contributed by atoms with Crippen molar-refractivity contribution in [2.24, 2.45) is 0 Å². The SMILES string of the molecule is COC(=O)CCCNCc1cc(Br)cc2c1OCC2. The van der Waals surface area contributed by atoms with Gasteiger partial charge in [0.1, 0.15) is 5.75 Å². The number of benzene rings is 1. The minimum absolute atomic E-state index is 0.159. The van der Waals surface area contributed by atoms with Crippen LogP contribution in [0.4, 0.5) is 0 Å². The molecule has 1 aliphatic heterocycles. The summed E-state index contributed by atoms with van der Waals surface area (Å²) in [7, 11) is 1.41. The normalized spacial score (nSPS) is 12.9. The maximum atomic E-state index is 11.0. The second-order valence-electron chi connectivity index (χ2n) is 4.51. The quantitative estimate of drug-likeness (QED) is 0.644. The zero-order valence-electron chi connectivity index (χ0n) is 11.0. The molecule has 0 saturated heterocycles. The van der Waals surface area contributed by atoms with Crippen molar-refractivity contribution in [1.82, 2.24) is 5.32 Å². The molecule has 19 heavy (non-hydrogen) atoms. The zero-order valence-corrected chi connectivity index (χ0v) is 12.6. The van der Waals surface area contributed by atoms with Crippen LogP contribution in [0.1, 0.15) is 24.0 Å². The van der Waals surface area contributed by atoms with Gasteiger partial charge in [-0.1, -0.05) is 15.9 Å². The molecule has 1 heterocycles. The van der Waals surface area contributed by atoms with E-state index in [4.69, 9.17) is 4.74 Å². The lowest BCUT2D eigenvalue weighted by molar-refractivity contribution is -0.140. The number of esters is 1. The van der Waals surface area contributed by atoms with Gasteiger partial charge in [-0.2, -0.15) is 0 Å². The zero-order chi connectivity index (χ0) is 13.7. The topological polar surface area (TPSA) is 47.6 Å². The summed E-state index contributed by atoms with van der Waals surface area (Å²) in [6.45, 7) is 2.31. The average molecular weight is 328 g/mol. The van der Waals surface area contributed by atoms with Crippen LogP contribution in [0.5, 0.6) is 5.75 Å². The van der Waals surface area contributed by atoms with Crippen molar-refractivity contribution in [3.63, 3.8) is 0 Å². The lowest BCUT2D eigenvalue weighted by Crippen LogP contribution is -2.16. The van der Waals surface area contributed by atoms with Crippen LogP contribution >= 0.6 is 15.9 Å². The van der Waals surface area contributed by atoms with Crippen LogP contribution in [-0.2, 0) is 22.5 Å². The fraction of sp³-hybridized carbons (Fsp3) is 0.500. The van der Waals surface area contributed by atoms with Gasteiger partial charge in [0, 0.05) is 29.4 Å². The van der Waals surface area contributed by atoms with Crippen molar-refractivity contribution in [1.29, 1.82) is 0 Å². The molecule has 0 aliphatic carbocycles. The molecule has 1 aliphatic rings. The maximum absolute atomic E-state index is 11.0. The molecule has 5 heteroatoms. The Morgan fingerprint density at radius 2 is 2.37 bits per heavy atom. The summed E-state index contributed by atoms with van der Waals surface area (Å²) in [6, 6.07) is 4.19. The largest absolute Gasteiger partial charge is 0.493 e. The van der Waals surface area contributed by atoms with Gasteiger partial charge in [0.25, 0.3) is 0 Å². The van der Waals surface area contributed by atoms with Crippen molar-refractivity contribution in [2.45, 2.75) is 25.8 Å². The monoisotopic (exact) mass is 327 g/mol. The standard InChI is InChI=1S/C14H18BrNO3/c1-18-13(17)3-2-5-16-9-11-8-12(15)7-10-4-6-19-14(10)11/h7-8,16H,2-6,9H2,1H3. The molecule has 0 saturated carbocycles. The Balaban J connectivity index is 1.82. The third-order valence-corrected chi connectivity index (χ3v) is 3.56. The van der Waals surface area contributed by atoms with E-state index in [1.807, 2.05) is 0 Å². The van der Waals surface area contributed by atoms with Gasteiger partial charge >= 0.3 is 5.97 Å². The van der Waals surface area contributed by atoms with E-state index in [2.05, 4.69) is 38.1 Å². The second-order valence-corrected chi connectivity index (χ2v) is 5.42. The van der Waals surface area contributed by atoms with Gasteiger partial charge in [0.15, 0.2) is 0 Å². The van der Waals surface area contributed by atoms with Crippen molar-refractivity contribution in [3.8, 4) is 5.75 Å². The van der Waals surface area contributed by atoms with Crippen LogP contribution in [0.3, 0.4) is 0 Å². The van der Waals surface area contributed by atoms with E-state index in [-0.39, 0.29) is 5.97 Å². The molecule has 0 atom stereocenters. The molecule has 1 N–H and O–H groups in total. The predicted octanol–water partition coefficient (Wildman–Crippen LogP) is 2.43. The van der Waals surface area contributed by atoms with Gasteiger partial charge in [-0.25, -0.2) is 0 Å². The molecule has 0 amide bonds. The van der Waals surface area contributed by atoms with Gasteiger partial charge in [0.05, 0.1) is 13.7 Å². The van der Waals surface area contributed by atoms with E-state index in [0.29, 0.717) is 6.42 Å². The molecule has 1 aromatic carbocycles. The maximum Gasteiger partial charge on any atom is 0.305 e. The third kappa shape index (κ3) is 3.94. The molecule has 0 unspecified atom stereocenters. The molecule has 0 bridgehead atoms. The number of hydrogen-bond donors (Lipinski definition) is 1. The minimum atomic E-state index is -0.159. The number of carbonyl (C=O) groups excluding carboxylic acids is 1. The van der Waals surface area contributed by atoms with Crippen molar-refractivity contribution >= 4 is 21.9 Å². The summed E-state index contributed by atoms with van der Waals surface area (Å²) in [5, 5.41) is 3.33. The number of ether oxygens (including phenoxy) is 2. The first kappa shape index (κ1) is 14.3. The van der Waals surface area contributed by atoms with Gasteiger partial charge in [-0.15, -0.1) is 0 Å². The van der Waals surface area contributed by atoms with E-state index < -0.39 is 0 Å². The smallest absolute Gasteiger partial charge is 0.305 e. The van der Waals surface area contributed by atoms with Gasteiger partial charge in [0.2, 0.25) is 0 Å². The van der Waals surface area contributed by atoms with Gasteiger partial charge < -0.3 is 14.8 Å². The number of methoxy groups -OCH3 is 1. The first-order valence-corrected chi connectivity index (χ1v) is 7.21. The van der Waals surface area contributed by atoms with Crippen LogP contribution < -0.4 is 10.1 Å². The fourth-order valence-corrected chi connectivity index (χ4v) is 2.71. The summed E-state index contributed by atoms with van der Waals surface area (Å²) in [6.07, 6.45) is 2.21. The van der Waals surface area contributed by atoms with Crippen LogP contribution in [0.25, 0.3) is 0 Å². The Morgan fingerprint density at radius 3 is 3.16 bits per heavy atom. The summed E-state index contributed by atoms with van der Waals surface area (Å²) < 4.78 is 11.3. The van der Waals surface area contributed by atoms with Crippen molar-refractivity contribution in [3.05, 3.63) is 27.7 Å². The highest BCUT2D eigenvalue weighted by Crippen LogP contribution is 2.32. The molecule has 1 aromatic rings. The highest BCUT2D eigenvalue weighted by Gasteiger charge is 2.16. The Hall–Kier alpha value is -1.07. The highest BCUT2D eigenvalue weighted by atomic mass is 79.9. The molecular weight excluding hydrogens is 310 g/mol. The summed E-state index contributed by atoms with van der Waals surface area (Å²) >= 11 is 3.52. The Morgan fingerprint density at radius 1 is 1.53 bits per heavy atom. The molecular formula is C14H18BrNO3. The number of fused-ring (bicyclic) bond motifs is 1. The minimum Gasteiger partial charge on any atom is -0.493 e. The summed E-state index contributed by atoms with van der Waals surface area (Å²) in [5.41, 5.74) is 2.43. The first-order chi connectivity index (χ1) is 9.20. The molecule has 4 nitrogen and oxygen atoms in total. The number of carbonyl (C=O) groups is 1. The molecule has 0 radical (unpaired) electrons. The van der Waals surface area contributed by atoms with Crippen molar-refractivity contribution in [2.75, 3.05) is 20.3 Å². The predicted molar refractivity (Wildman–Crippen MR) is 76.3 cm³/mol. The van der Waals surface area contributed by atoms with E-state index >= 15 is 0 Å². The molecule has 0 spiro atoms. The lowest BCUT2D eigenvalue weighted by Gasteiger charge is -2.10. The van der Waals surface area contributed by atoms with E-state index in [1.165, 1.54) is 18.2 Å². The second kappa shape index (κ2) is 6.91. The average Bonchev–Trinajstić information content (AvgIpc) is 2.85. The molecule has 104 valence electrons. The van der Waals surface area contributed by atoms with Crippen LogP contribution in [0.2, 0.25) is 0 Å². The highest BCUT2D eigenvalue weighted by molar-refractivity contribution is 9.10. The third-order valence-electron chi connectivity index (χ3n) is 3.10. The Labute approximate surface area is 121 Å². The molecule has 0 aromatic heterocycles. The first-order valence-electron chi connectivity index (χ1n) is 6.42. The summed E-state index contributed by atoms with van der Waals surface area (Å²) in [5.74, 6) is 0.858. The Bertz CT molecular complexity index is 462. The summed E-state index contributed by atoms with van der Waals surface area (Å²) in [4.78, 5) is 11.0. The number of nitrogens with one attached hydrogen (secondary N) is 1. The van der Waals surface area contributed by atoms with Crippen LogP contribution in [0, 0.1) is 0 Å². The number of halogens is 1. The Kier molecular flexibility index (Phi) is 5.22. The van der Waals surface area contributed by atoms with Gasteiger partial charge in [-0.3, -0.25) is 4.79 Å². The van der Waals surface area contributed by atoms with E-state index in [9.17, 15) is 4.79 Å². The van der Waals surface area contributed by atoms with Crippen molar-refractivity contribution < 1.29 is 14.3 Å². The lowest BCUT2D eigenvalue weighted by atomic mass is 10.1. The van der Waals surface area contributed by atoms with Crippen LogP contribution in [0.15, 0.2) is 16.6 Å². The van der Waals surface area contributed by atoms with Crippen LogP contribution in [-0.4, -0.2) is 26.2 Å².